The van der Waals surface area contributed by atoms with Crippen LogP contribution in [0.4, 0.5) is 0 Å². The van der Waals surface area contributed by atoms with Gasteiger partial charge in [-0.05, 0) is 56.4 Å². The fraction of sp³-hybridized carbons (Fsp3) is 0.520. The number of allylic oxidation sites excluding steroid dienone is 2. The Kier molecular flexibility index (Phi) is 11.0. The summed E-state index contributed by atoms with van der Waals surface area (Å²) < 4.78 is 0. The average Bonchev–Trinajstić information content (AvgIpc) is 3.62. The third kappa shape index (κ3) is 8.41. The molecular formula is C25H35Cl2N5O4. The summed E-state index contributed by atoms with van der Waals surface area (Å²) in [5.41, 5.74) is 0.746. The molecule has 4 amide bonds. The zero-order valence-electron chi connectivity index (χ0n) is 21.2. The topological polar surface area (TPSA) is 111 Å². The van der Waals surface area contributed by atoms with Crippen LogP contribution >= 0.6 is 23.2 Å². The molecule has 36 heavy (non-hydrogen) atoms. The smallest absolute Gasteiger partial charge is 0.245 e. The first-order valence-electron chi connectivity index (χ1n) is 11.8. The van der Waals surface area contributed by atoms with E-state index in [0.717, 1.165) is 18.5 Å². The Balaban J connectivity index is 2.07. The predicted molar refractivity (Wildman–Crippen MR) is 141 cm³/mol. The van der Waals surface area contributed by atoms with Gasteiger partial charge in [0.2, 0.25) is 24.1 Å². The number of carbonyl (C=O) groups is 4. The lowest BCUT2D eigenvalue weighted by Crippen LogP contribution is -2.57. The van der Waals surface area contributed by atoms with Crippen molar-refractivity contribution in [3.63, 3.8) is 0 Å². The van der Waals surface area contributed by atoms with E-state index in [2.05, 4.69) is 22.0 Å². The van der Waals surface area contributed by atoms with E-state index < -0.39 is 23.4 Å². The minimum Gasteiger partial charge on any atom is -0.381 e. The molecule has 0 radical (unpaired) electrons. The Morgan fingerprint density at radius 3 is 2.47 bits per heavy atom. The monoisotopic (exact) mass is 539 g/mol. The van der Waals surface area contributed by atoms with Gasteiger partial charge in [-0.15, -0.1) is 0 Å². The lowest BCUT2D eigenvalue weighted by atomic mass is 10.0. The summed E-state index contributed by atoms with van der Waals surface area (Å²) in [5, 5.41) is 8.93. The second-order valence-electron chi connectivity index (χ2n) is 9.17. The first-order chi connectivity index (χ1) is 17.0. The second kappa shape index (κ2) is 13.5. The van der Waals surface area contributed by atoms with Gasteiger partial charge in [-0.2, -0.15) is 0 Å². The first kappa shape index (κ1) is 29.5. The molecule has 0 heterocycles. The van der Waals surface area contributed by atoms with Crippen LogP contribution in [0.15, 0.2) is 30.0 Å². The number of unbranched alkanes of at least 4 members (excludes halogenated alkanes) is 1. The fourth-order valence-electron chi connectivity index (χ4n) is 3.56. The molecule has 0 spiro atoms. The zero-order chi connectivity index (χ0) is 26.9. The maximum Gasteiger partial charge on any atom is 0.245 e. The van der Waals surface area contributed by atoms with Crippen molar-refractivity contribution in [2.45, 2.75) is 50.6 Å². The zero-order valence-corrected chi connectivity index (χ0v) is 22.7. The van der Waals surface area contributed by atoms with Crippen molar-refractivity contribution in [2.75, 3.05) is 34.2 Å². The fourth-order valence-corrected chi connectivity index (χ4v) is 3.95. The molecule has 1 aliphatic rings. The van der Waals surface area contributed by atoms with Gasteiger partial charge in [-0.1, -0.05) is 29.3 Å². The summed E-state index contributed by atoms with van der Waals surface area (Å²) >= 11 is 12.4. The van der Waals surface area contributed by atoms with Crippen LogP contribution in [0.5, 0.6) is 0 Å². The minimum atomic E-state index is -0.992. The maximum atomic E-state index is 13.4. The highest BCUT2D eigenvalue weighted by Gasteiger charge is 2.52. The van der Waals surface area contributed by atoms with Crippen molar-refractivity contribution >= 4 is 47.3 Å². The van der Waals surface area contributed by atoms with Crippen LogP contribution in [0.25, 0.3) is 0 Å². The molecule has 1 fully saturated rings. The van der Waals surface area contributed by atoms with Gasteiger partial charge in [-0.25, -0.2) is 0 Å². The number of carbonyl (C=O) groups excluding carboxylic acids is 4. The SMILES string of the molecule is C/C(=C\CCCNC(=O)C1(NC(=O)[C@H](Cc2cc(Cl)ccc2Cl)N(C)C(=O)CNC=O)CC1)N(C)C. The highest BCUT2D eigenvalue weighted by molar-refractivity contribution is 6.33. The van der Waals surface area contributed by atoms with E-state index in [1.54, 1.807) is 18.2 Å². The van der Waals surface area contributed by atoms with Crippen LogP contribution in [0.2, 0.25) is 10.0 Å². The lowest BCUT2D eigenvalue weighted by molar-refractivity contribution is -0.140. The Bertz CT molecular complexity index is 995. The van der Waals surface area contributed by atoms with Crippen molar-refractivity contribution < 1.29 is 19.2 Å². The van der Waals surface area contributed by atoms with Crippen LogP contribution < -0.4 is 16.0 Å². The normalized spacial score (nSPS) is 14.9. The van der Waals surface area contributed by atoms with Crippen LogP contribution in [-0.2, 0) is 25.6 Å². The van der Waals surface area contributed by atoms with Gasteiger partial charge in [0.15, 0.2) is 0 Å². The van der Waals surface area contributed by atoms with E-state index in [1.807, 2.05) is 25.9 Å². The van der Waals surface area contributed by atoms with Crippen molar-refractivity contribution in [3.8, 4) is 0 Å². The number of benzene rings is 1. The number of likely N-dealkylation sites (N-methyl/N-ethyl adjacent to an activating group) is 1. The molecular weight excluding hydrogens is 505 g/mol. The quantitative estimate of drug-likeness (QED) is 0.247. The molecule has 9 nitrogen and oxygen atoms in total. The summed E-state index contributed by atoms with van der Waals surface area (Å²) in [4.78, 5) is 52.7. The molecule has 0 unspecified atom stereocenters. The van der Waals surface area contributed by atoms with E-state index in [4.69, 9.17) is 23.2 Å². The largest absolute Gasteiger partial charge is 0.381 e. The number of nitrogens with zero attached hydrogens (tertiary/aromatic N) is 2. The Morgan fingerprint density at radius 2 is 1.86 bits per heavy atom. The van der Waals surface area contributed by atoms with Gasteiger partial charge in [0.05, 0.1) is 6.54 Å². The van der Waals surface area contributed by atoms with E-state index in [1.165, 1.54) is 11.9 Å². The highest BCUT2D eigenvalue weighted by Crippen LogP contribution is 2.36. The molecule has 11 heteroatoms. The minimum absolute atomic E-state index is 0.0871. The second-order valence-corrected chi connectivity index (χ2v) is 10.0. The lowest BCUT2D eigenvalue weighted by Gasteiger charge is -2.29. The summed E-state index contributed by atoms with van der Waals surface area (Å²) in [6, 6.07) is 3.92. The van der Waals surface area contributed by atoms with Gasteiger partial charge < -0.3 is 25.8 Å². The third-order valence-electron chi connectivity index (χ3n) is 6.28. The number of nitrogens with one attached hydrogen (secondary N) is 3. The van der Waals surface area contributed by atoms with Crippen LogP contribution in [0, 0.1) is 0 Å². The molecule has 0 aliphatic heterocycles. The third-order valence-corrected chi connectivity index (χ3v) is 6.88. The van der Waals surface area contributed by atoms with E-state index in [-0.39, 0.29) is 18.9 Å². The van der Waals surface area contributed by atoms with E-state index in [9.17, 15) is 19.2 Å². The molecule has 2 rings (SSSR count). The summed E-state index contributed by atoms with van der Waals surface area (Å²) in [7, 11) is 5.43. The standard InChI is InChI=1S/C25H35Cl2N5O4/c1-17(31(2)3)7-5-6-12-29-24(36)25(10-11-25)30-23(35)21(32(4)22(34)15-28-16-33)14-18-13-19(26)8-9-20(18)27/h7-9,13,16,21H,5-6,10-12,14-15H2,1-4H3,(H,28,33)(H,29,36)(H,30,35)/b17-7+/t21-/m0/s1. The van der Waals surface area contributed by atoms with Gasteiger partial charge >= 0.3 is 0 Å². The van der Waals surface area contributed by atoms with Gasteiger partial charge in [0.25, 0.3) is 0 Å². The van der Waals surface area contributed by atoms with Gasteiger partial charge in [0.1, 0.15) is 11.6 Å². The van der Waals surface area contributed by atoms with Crippen molar-refractivity contribution in [1.29, 1.82) is 0 Å². The Labute approximate surface area is 222 Å². The number of amides is 4. The van der Waals surface area contributed by atoms with Crippen LogP contribution in [-0.4, -0.2) is 79.7 Å². The molecule has 1 atom stereocenters. The average molecular weight is 540 g/mol. The molecule has 1 aromatic rings. The summed E-state index contributed by atoms with van der Waals surface area (Å²) in [6.07, 6.45) is 5.24. The number of rotatable bonds is 14. The number of hydrogen-bond acceptors (Lipinski definition) is 5. The van der Waals surface area contributed by atoms with Crippen molar-refractivity contribution in [3.05, 3.63) is 45.6 Å². The molecule has 1 saturated carbocycles. The van der Waals surface area contributed by atoms with Crippen LogP contribution in [0.1, 0.15) is 38.2 Å². The molecule has 3 N–H and O–H groups in total. The maximum absolute atomic E-state index is 13.4. The van der Waals surface area contributed by atoms with Crippen molar-refractivity contribution in [1.82, 2.24) is 25.8 Å². The van der Waals surface area contributed by atoms with Gasteiger partial charge in [0, 0.05) is 49.9 Å². The van der Waals surface area contributed by atoms with Crippen LogP contribution in [0.3, 0.4) is 0 Å². The summed E-state index contributed by atoms with van der Waals surface area (Å²) in [6.45, 7) is 2.25. The molecule has 0 saturated heterocycles. The summed E-state index contributed by atoms with van der Waals surface area (Å²) in [5.74, 6) is -1.18. The van der Waals surface area contributed by atoms with E-state index >= 15 is 0 Å². The predicted octanol–water partition coefficient (Wildman–Crippen LogP) is 2.12. The number of halogens is 2. The molecule has 1 aliphatic carbocycles. The van der Waals surface area contributed by atoms with Crippen molar-refractivity contribution in [2.24, 2.45) is 0 Å². The molecule has 0 aromatic heterocycles. The molecule has 198 valence electrons. The Hall–Kier alpha value is -2.78. The molecule has 0 bridgehead atoms. The first-order valence-corrected chi connectivity index (χ1v) is 12.6. The molecule has 1 aromatic carbocycles. The van der Waals surface area contributed by atoms with E-state index in [0.29, 0.717) is 41.4 Å². The highest BCUT2D eigenvalue weighted by atomic mass is 35.5. The Morgan fingerprint density at radius 1 is 1.17 bits per heavy atom. The number of hydrogen-bond donors (Lipinski definition) is 3. The van der Waals surface area contributed by atoms with Gasteiger partial charge in [-0.3, -0.25) is 19.2 Å².